The number of benzene rings is 1. The quantitative estimate of drug-likeness (QED) is 0.715. The van der Waals surface area contributed by atoms with Crippen molar-refractivity contribution in [2.75, 3.05) is 0 Å². The van der Waals surface area contributed by atoms with Crippen LogP contribution in [0.15, 0.2) is 24.3 Å². The van der Waals surface area contributed by atoms with Gasteiger partial charge in [0.25, 0.3) is 0 Å². The Balaban J connectivity index is 1.69. The molecule has 0 radical (unpaired) electrons. The lowest BCUT2D eigenvalue weighted by Crippen LogP contribution is -2.05. The molecule has 102 valence electrons. The van der Waals surface area contributed by atoms with Gasteiger partial charge in [-0.15, -0.1) is 11.6 Å². The molecule has 2 nitrogen and oxygen atoms in total. The van der Waals surface area contributed by atoms with Crippen LogP contribution < -0.4 is 0 Å². The lowest BCUT2D eigenvalue weighted by atomic mass is 10.1. The highest BCUT2D eigenvalue weighted by atomic mass is 35.5. The largest absolute Gasteiger partial charge is 0.328 e. The number of hydrogen-bond donors (Lipinski definition) is 0. The van der Waals surface area contributed by atoms with Gasteiger partial charge < -0.3 is 4.57 Å². The molecule has 0 spiro atoms. The zero-order valence-corrected chi connectivity index (χ0v) is 12.2. The summed E-state index contributed by atoms with van der Waals surface area (Å²) in [6, 6.07) is 8.40. The minimum atomic E-state index is 0.388. The van der Waals surface area contributed by atoms with Gasteiger partial charge in [-0.05, 0) is 50.7 Å². The molecule has 1 unspecified atom stereocenters. The van der Waals surface area contributed by atoms with Gasteiger partial charge in [0.1, 0.15) is 5.82 Å². The first-order valence-electron chi connectivity index (χ1n) is 7.37. The van der Waals surface area contributed by atoms with Gasteiger partial charge in [-0.25, -0.2) is 4.98 Å². The number of aryl methyl sites for hydroxylation is 2. The van der Waals surface area contributed by atoms with Gasteiger partial charge in [-0.1, -0.05) is 12.1 Å². The Morgan fingerprint density at radius 3 is 2.89 bits per heavy atom. The molecule has 1 fully saturated rings. The molecule has 1 heterocycles. The molecule has 0 N–H and O–H groups in total. The van der Waals surface area contributed by atoms with Crippen molar-refractivity contribution >= 4 is 22.6 Å². The van der Waals surface area contributed by atoms with Gasteiger partial charge in [0, 0.05) is 18.3 Å². The van der Waals surface area contributed by atoms with Crippen LogP contribution in [-0.4, -0.2) is 14.9 Å². The summed E-state index contributed by atoms with van der Waals surface area (Å²) in [4.78, 5) is 4.76. The molecule has 0 aliphatic heterocycles. The molecule has 19 heavy (non-hydrogen) atoms. The average Bonchev–Trinajstić information content (AvgIpc) is 3.20. The molecule has 1 aliphatic rings. The molecule has 1 atom stereocenters. The lowest BCUT2D eigenvalue weighted by Gasteiger charge is -2.08. The summed E-state index contributed by atoms with van der Waals surface area (Å²) in [5.74, 6) is 2.01. The number of halogens is 1. The number of imidazole rings is 1. The second kappa shape index (κ2) is 5.54. The number of aromatic nitrogens is 2. The molecule has 1 saturated carbocycles. The highest BCUT2D eigenvalue weighted by Gasteiger charge is 2.29. The van der Waals surface area contributed by atoms with E-state index >= 15 is 0 Å². The van der Waals surface area contributed by atoms with E-state index in [4.69, 9.17) is 16.6 Å². The van der Waals surface area contributed by atoms with Crippen LogP contribution in [0.3, 0.4) is 0 Å². The fourth-order valence-corrected chi connectivity index (χ4v) is 3.22. The van der Waals surface area contributed by atoms with Crippen molar-refractivity contribution in [3.63, 3.8) is 0 Å². The van der Waals surface area contributed by atoms with Crippen molar-refractivity contribution in [3.8, 4) is 0 Å². The molecule has 0 saturated heterocycles. The number of rotatable bonds is 6. The van der Waals surface area contributed by atoms with Crippen LogP contribution >= 0.6 is 11.6 Å². The minimum Gasteiger partial charge on any atom is -0.328 e. The van der Waals surface area contributed by atoms with E-state index in [0.717, 1.165) is 37.2 Å². The van der Waals surface area contributed by atoms with E-state index in [1.165, 1.54) is 24.2 Å². The van der Waals surface area contributed by atoms with Gasteiger partial charge in [0.05, 0.1) is 11.0 Å². The molecule has 0 bridgehead atoms. The van der Waals surface area contributed by atoms with Crippen molar-refractivity contribution in [1.82, 2.24) is 9.55 Å². The fraction of sp³-hybridized carbons (Fsp3) is 0.562. The summed E-state index contributed by atoms with van der Waals surface area (Å²) in [7, 11) is 0. The normalized spacial score (nSPS) is 16.9. The SMILES string of the molecule is CCn1c(CCCC(Cl)C2CC2)nc2ccccc21. The third-order valence-electron chi connectivity index (χ3n) is 4.06. The fourth-order valence-electron chi connectivity index (χ4n) is 2.82. The van der Waals surface area contributed by atoms with Crippen LogP contribution in [0, 0.1) is 5.92 Å². The average molecular weight is 277 g/mol. The van der Waals surface area contributed by atoms with Gasteiger partial charge >= 0.3 is 0 Å². The number of fused-ring (bicyclic) bond motifs is 1. The van der Waals surface area contributed by atoms with Crippen molar-refractivity contribution in [2.45, 2.75) is 50.9 Å². The number of para-hydroxylation sites is 2. The van der Waals surface area contributed by atoms with E-state index in [1.54, 1.807) is 0 Å². The van der Waals surface area contributed by atoms with Crippen molar-refractivity contribution in [2.24, 2.45) is 5.92 Å². The summed E-state index contributed by atoms with van der Waals surface area (Å²) in [5, 5.41) is 0.388. The lowest BCUT2D eigenvalue weighted by molar-refractivity contribution is 0.609. The summed E-state index contributed by atoms with van der Waals surface area (Å²) in [5.41, 5.74) is 2.37. The van der Waals surface area contributed by atoms with Crippen molar-refractivity contribution in [1.29, 1.82) is 0 Å². The molecule has 1 aromatic carbocycles. The highest BCUT2D eigenvalue weighted by molar-refractivity contribution is 6.20. The van der Waals surface area contributed by atoms with E-state index < -0.39 is 0 Å². The van der Waals surface area contributed by atoms with E-state index in [-0.39, 0.29) is 0 Å². The van der Waals surface area contributed by atoms with Gasteiger partial charge in [-0.3, -0.25) is 0 Å². The van der Waals surface area contributed by atoms with Crippen molar-refractivity contribution < 1.29 is 0 Å². The second-order valence-electron chi connectivity index (χ2n) is 5.51. The molecule has 2 aromatic rings. The summed E-state index contributed by atoms with van der Waals surface area (Å²) < 4.78 is 2.33. The maximum absolute atomic E-state index is 6.37. The molecule has 1 aliphatic carbocycles. The minimum absolute atomic E-state index is 0.388. The molecule has 3 rings (SSSR count). The summed E-state index contributed by atoms with van der Waals surface area (Å²) in [6.45, 7) is 3.18. The van der Waals surface area contributed by atoms with E-state index in [0.29, 0.717) is 5.38 Å². The first kappa shape index (κ1) is 13.0. The van der Waals surface area contributed by atoms with E-state index in [2.05, 4.69) is 35.8 Å². The second-order valence-corrected chi connectivity index (χ2v) is 6.07. The summed E-state index contributed by atoms with van der Waals surface area (Å²) >= 11 is 6.37. The Labute approximate surface area is 119 Å². The number of nitrogens with zero attached hydrogens (tertiary/aromatic N) is 2. The Bertz CT molecular complexity index is 557. The molecule has 0 amide bonds. The van der Waals surface area contributed by atoms with Crippen LogP contribution in [0.4, 0.5) is 0 Å². The third-order valence-corrected chi connectivity index (χ3v) is 4.64. The Morgan fingerprint density at radius 1 is 1.37 bits per heavy atom. The van der Waals surface area contributed by atoms with Gasteiger partial charge in [-0.2, -0.15) is 0 Å². The van der Waals surface area contributed by atoms with Crippen LogP contribution in [0.5, 0.6) is 0 Å². The van der Waals surface area contributed by atoms with Gasteiger partial charge in [0.15, 0.2) is 0 Å². The van der Waals surface area contributed by atoms with Crippen LogP contribution in [0.25, 0.3) is 11.0 Å². The zero-order chi connectivity index (χ0) is 13.2. The smallest absolute Gasteiger partial charge is 0.109 e. The first-order chi connectivity index (χ1) is 9.29. The predicted octanol–water partition coefficient (Wildman–Crippen LogP) is 4.40. The first-order valence-corrected chi connectivity index (χ1v) is 7.81. The Kier molecular flexibility index (Phi) is 3.79. The number of hydrogen-bond acceptors (Lipinski definition) is 1. The maximum Gasteiger partial charge on any atom is 0.109 e. The maximum atomic E-state index is 6.37. The van der Waals surface area contributed by atoms with Gasteiger partial charge in [0.2, 0.25) is 0 Å². The van der Waals surface area contributed by atoms with Crippen LogP contribution in [-0.2, 0) is 13.0 Å². The number of alkyl halides is 1. The van der Waals surface area contributed by atoms with Crippen molar-refractivity contribution in [3.05, 3.63) is 30.1 Å². The third kappa shape index (κ3) is 2.79. The Morgan fingerprint density at radius 2 is 2.16 bits per heavy atom. The highest BCUT2D eigenvalue weighted by Crippen LogP contribution is 2.37. The summed E-state index contributed by atoms with van der Waals surface area (Å²) in [6.07, 6.45) is 5.98. The molecular weight excluding hydrogens is 256 g/mol. The molecular formula is C16H21ClN2. The topological polar surface area (TPSA) is 17.8 Å². The Hall–Kier alpha value is -1.02. The van der Waals surface area contributed by atoms with E-state index in [1.807, 2.05) is 0 Å². The standard InChI is InChI=1S/C16H21ClN2/c1-2-19-15-8-4-3-7-14(15)18-16(19)9-5-6-13(17)12-10-11-12/h3-4,7-8,12-13H,2,5-6,9-11H2,1H3. The van der Waals surface area contributed by atoms with Crippen LogP contribution in [0.2, 0.25) is 0 Å². The molecule has 1 aromatic heterocycles. The predicted molar refractivity (Wildman–Crippen MR) is 80.7 cm³/mol. The molecule has 3 heteroatoms. The van der Waals surface area contributed by atoms with E-state index in [9.17, 15) is 0 Å². The zero-order valence-electron chi connectivity index (χ0n) is 11.5. The monoisotopic (exact) mass is 276 g/mol. The van der Waals surface area contributed by atoms with Crippen LogP contribution in [0.1, 0.15) is 38.4 Å².